The highest BCUT2D eigenvalue weighted by Gasteiger charge is 2.19. The molecule has 0 amide bonds. The van der Waals surface area contributed by atoms with Gasteiger partial charge in [0.1, 0.15) is 13.2 Å². The molecule has 0 spiro atoms. The second-order valence-corrected chi connectivity index (χ2v) is 22.3. The molecule has 0 rings (SSSR count). The minimum atomic E-state index is -0.793. The average molecular weight is 1110 g/mol. The van der Waals surface area contributed by atoms with Crippen LogP contribution in [0, 0.1) is 0 Å². The highest BCUT2D eigenvalue weighted by Crippen LogP contribution is 2.17. The number of rotatable bonds is 61. The van der Waals surface area contributed by atoms with Gasteiger partial charge in [-0.3, -0.25) is 14.4 Å². The number of ether oxygens (including phenoxy) is 3. The van der Waals surface area contributed by atoms with E-state index in [1.54, 1.807) is 0 Å². The molecule has 0 aromatic rings. The Morgan fingerprint density at radius 1 is 0.263 bits per heavy atom. The second kappa shape index (κ2) is 67.6. The number of carbonyl (C=O) groups excluding carboxylic acids is 3. The summed E-state index contributed by atoms with van der Waals surface area (Å²) < 4.78 is 16.9. The molecule has 0 fully saturated rings. The fourth-order valence-corrected chi connectivity index (χ4v) is 9.47. The van der Waals surface area contributed by atoms with Crippen molar-refractivity contribution in [2.75, 3.05) is 13.2 Å². The number of hydrogen-bond acceptors (Lipinski definition) is 6. The van der Waals surface area contributed by atoms with Crippen molar-refractivity contribution in [3.05, 3.63) is 109 Å². The molecule has 1 atom stereocenters. The number of allylic oxidation sites excluding steroid dienone is 18. The van der Waals surface area contributed by atoms with E-state index in [2.05, 4.69) is 130 Å². The summed E-state index contributed by atoms with van der Waals surface area (Å²) in [6.45, 7) is 6.37. The van der Waals surface area contributed by atoms with E-state index in [1.165, 1.54) is 135 Å². The molecule has 0 heterocycles. The summed E-state index contributed by atoms with van der Waals surface area (Å²) in [4.78, 5) is 38.3. The average Bonchev–Trinajstić information content (AvgIpc) is 3.46. The van der Waals surface area contributed by atoms with Crippen molar-refractivity contribution >= 4 is 17.9 Å². The molecule has 0 aliphatic heterocycles. The second-order valence-electron chi connectivity index (χ2n) is 22.3. The van der Waals surface area contributed by atoms with Crippen LogP contribution in [0.4, 0.5) is 0 Å². The van der Waals surface area contributed by atoms with Gasteiger partial charge in [0.2, 0.25) is 0 Å². The Bertz CT molecular complexity index is 1610. The van der Waals surface area contributed by atoms with Crippen LogP contribution in [0.1, 0.15) is 323 Å². The summed E-state index contributed by atoms with van der Waals surface area (Å²) in [6, 6.07) is 0. The van der Waals surface area contributed by atoms with Gasteiger partial charge < -0.3 is 14.2 Å². The summed E-state index contributed by atoms with van der Waals surface area (Å²) in [5.74, 6) is -0.908. The van der Waals surface area contributed by atoms with Crippen molar-refractivity contribution < 1.29 is 28.6 Å². The lowest BCUT2D eigenvalue weighted by Crippen LogP contribution is -2.30. The smallest absolute Gasteiger partial charge is 0.306 e. The summed E-state index contributed by atoms with van der Waals surface area (Å²) in [6.07, 6.45) is 92.7. The van der Waals surface area contributed by atoms with Crippen LogP contribution in [0.2, 0.25) is 0 Å². The zero-order valence-corrected chi connectivity index (χ0v) is 52.6. The van der Waals surface area contributed by atoms with Crippen LogP contribution in [-0.2, 0) is 28.6 Å². The van der Waals surface area contributed by atoms with Gasteiger partial charge in [-0.05, 0) is 116 Å². The highest BCUT2D eigenvalue weighted by molar-refractivity contribution is 5.71. The van der Waals surface area contributed by atoms with Crippen molar-refractivity contribution in [2.24, 2.45) is 0 Å². The van der Waals surface area contributed by atoms with Gasteiger partial charge in [-0.25, -0.2) is 0 Å². The van der Waals surface area contributed by atoms with Crippen LogP contribution in [-0.4, -0.2) is 37.2 Å². The quantitative estimate of drug-likeness (QED) is 0.0261. The molecule has 0 radical (unpaired) electrons. The molecule has 0 aromatic heterocycles. The first kappa shape index (κ1) is 76.1. The van der Waals surface area contributed by atoms with Crippen LogP contribution < -0.4 is 0 Å². The van der Waals surface area contributed by atoms with Gasteiger partial charge in [0.15, 0.2) is 6.10 Å². The number of hydrogen-bond donors (Lipinski definition) is 0. The van der Waals surface area contributed by atoms with Crippen LogP contribution >= 0.6 is 0 Å². The monoisotopic (exact) mass is 1110 g/mol. The minimum absolute atomic E-state index is 0.0873. The van der Waals surface area contributed by atoms with Gasteiger partial charge >= 0.3 is 17.9 Å². The SMILES string of the molecule is CC/C=C\C/C=C\C/C=C\C/C=C\CCCCCCCCCCCCCCCCCCCCCCC(=O)OCC(COC(=O)CCCCCCC/C=C\C/C=C\CCCC)OC(=O)CCCCCCC/C=C\C/C=C\C/C=C\CC. The lowest BCUT2D eigenvalue weighted by Gasteiger charge is -2.18. The minimum Gasteiger partial charge on any atom is -0.462 e. The number of unbranched alkanes of at least 4 members (excludes halogenated alkanes) is 32. The van der Waals surface area contributed by atoms with Crippen molar-refractivity contribution in [2.45, 2.75) is 329 Å². The van der Waals surface area contributed by atoms with E-state index in [1.807, 2.05) is 0 Å². The van der Waals surface area contributed by atoms with Crippen LogP contribution in [0.25, 0.3) is 0 Å². The topological polar surface area (TPSA) is 78.9 Å². The standard InChI is InChI=1S/C74H126O6/c1-4-7-10-13-16-19-22-25-28-29-30-31-32-33-34-35-36-37-38-39-40-41-42-43-44-45-47-49-52-55-58-61-64-67-73(76)79-70-71(69-78-72(75)66-63-60-57-54-51-48-27-24-21-18-15-12-9-6-3)80-74(77)68-65-62-59-56-53-50-46-26-23-20-17-14-11-8-5-2/h7-8,10-11,15-20,24-28,30-31,46,71H,4-6,9,12-14,21-23,29,32-45,47-70H2,1-3H3/b10-7-,11-8-,18-15-,19-16-,20-17-,27-24-,28-25-,31-30-,46-26-. The first-order chi connectivity index (χ1) is 39.5. The maximum Gasteiger partial charge on any atom is 0.306 e. The molecule has 0 aromatic carbocycles. The molecular weight excluding hydrogens is 985 g/mol. The van der Waals surface area contributed by atoms with Crippen molar-refractivity contribution in [1.29, 1.82) is 0 Å². The third-order valence-corrected chi connectivity index (χ3v) is 14.5. The Morgan fingerprint density at radius 2 is 0.487 bits per heavy atom. The van der Waals surface area contributed by atoms with E-state index in [0.717, 1.165) is 148 Å². The zero-order valence-electron chi connectivity index (χ0n) is 52.6. The molecule has 0 saturated heterocycles. The molecule has 0 N–H and O–H groups in total. The fraction of sp³-hybridized carbons (Fsp3) is 0.716. The third kappa shape index (κ3) is 64.9. The predicted molar refractivity (Wildman–Crippen MR) is 348 cm³/mol. The Hall–Kier alpha value is -3.93. The van der Waals surface area contributed by atoms with Crippen molar-refractivity contribution in [1.82, 2.24) is 0 Å². The van der Waals surface area contributed by atoms with Gasteiger partial charge in [-0.1, -0.05) is 297 Å². The Kier molecular flexibility index (Phi) is 64.3. The van der Waals surface area contributed by atoms with Crippen LogP contribution in [0.5, 0.6) is 0 Å². The molecular formula is C74H126O6. The summed E-state index contributed by atoms with van der Waals surface area (Å²) in [7, 11) is 0. The normalized spacial score (nSPS) is 12.8. The summed E-state index contributed by atoms with van der Waals surface area (Å²) >= 11 is 0. The van der Waals surface area contributed by atoms with Crippen LogP contribution in [0.15, 0.2) is 109 Å². The van der Waals surface area contributed by atoms with E-state index in [4.69, 9.17) is 14.2 Å². The van der Waals surface area contributed by atoms with Gasteiger partial charge in [0.25, 0.3) is 0 Å². The lowest BCUT2D eigenvalue weighted by molar-refractivity contribution is -0.167. The maximum absolute atomic E-state index is 12.9. The van der Waals surface area contributed by atoms with Crippen molar-refractivity contribution in [3.8, 4) is 0 Å². The molecule has 1 unspecified atom stereocenters. The molecule has 458 valence electrons. The van der Waals surface area contributed by atoms with E-state index >= 15 is 0 Å². The predicted octanol–water partition coefficient (Wildman–Crippen LogP) is 23.4. The Labute approximate surface area is 495 Å². The third-order valence-electron chi connectivity index (χ3n) is 14.5. The summed E-state index contributed by atoms with van der Waals surface area (Å²) in [5.41, 5.74) is 0. The van der Waals surface area contributed by atoms with Crippen molar-refractivity contribution in [3.63, 3.8) is 0 Å². The van der Waals surface area contributed by atoms with E-state index in [0.29, 0.717) is 19.3 Å². The molecule has 0 saturated carbocycles. The molecule has 0 bridgehead atoms. The van der Waals surface area contributed by atoms with E-state index in [-0.39, 0.29) is 31.1 Å². The van der Waals surface area contributed by atoms with Gasteiger partial charge in [-0.15, -0.1) is 0 Å². The molecule has 0 aliphatic rings. The molecule has 6 nitrogen and oxygen atoms in total. The largest absolute Gasteiger partial charge is 0.462 e. The summed E-state index contributed by atoms with van der Waals surface area (Å²) in [5, 5.41) is 0. The number of carbonyl (C=O) groups is 3. The van der Waals surface area contributed by atoms with Crippen LogP contribution in [0.3, 0.4) is 0 Å². The Morgan fingerprint density at radius 3 is 0.762 bits per heavy atom. The van der Waals surface area contributed by atoms with Gasteiger partial charge in [0, 0.05) is 19.3 Å². The van der Waals surface area contributed by atoms with E-state index < -0.39 is 6.10 Å². The lowest BCUT2D eigenvalue weighted by atomic mass is 10.0. The van der Waals surface area contributed by atoms with Gasteiger partial charge in [0.05, 0.1) is 0 Å². The first-order valence-electron chi connectivity index (χ1n) is 33.9. The van der Waals surface area contributed by atoms with Gasteiger partial charge in [-0.2, -0.15) is 0 Å². The number of esters is 3. The molecule has 0 aliphatic carbocycles. The highest BCUT2D eigenvalue weighted by atomic mass is 16.6. The molecule has 80 heavy (non-hydrogen) atoms. The maximum atomic E-state index is 12.9. The Balaban J connectivity index is 4.16. The first-order valence-corrected chi connectivity index (χ1v) is 33.9. The fourth-order valence-electron chi connectivity index (χ4n) is 9.47. The molecule has 6 heteroatoms. The van der Waals surface area contributed by atoms with E-state index in [9.17, 15) is 14.4 Å². The zero-order chi connectivity index (χ0) is 57.8.